The molecule has 0 radical (unpaired) electrons. The molecule has 2 saturated carbocycles. The number of hydrogen-bond donors (Lipinski definition) is 0. The van der Waals surface area contributed by atoms with Gasteiger partial charge in [0.05, 0.1) is 0 Å². The second kappa shape index (κ2) is 10.7. The maximum absolute atomic E-state index is 13.5. The number of halogens is 2. The van der Waals surface area contributed by atoms with Gasteiger partial charge in [0.2, 0.25) is 0 Å². The first-order valence-electron chi connectivity index (χ1n) is 12.2. The van der Waals surface area contributed by atoms with E-state index >= 15 is 0 Å². The minimum atomic E-state index is -0.795. The van der Waals surface area contributed by atoms with Crippen LogP contribution < -0.4 is 0 Å². The third-order valence-electron chi connectivity index (χ3n) is 7.93. The summed E-state index contributed by atoms with van der Waals surface area (Å²) in [6.45, 7) is 0.908. The van der Waals surface area contributed by atoms with Gasteiger partial charge in [-0.15, -0.1) is 0 Å². The van der Waals surface area contributed by atoms with E-state index in [9.17, 15) is 8.78 Å². The molecule has 1 nitrogen and oxygen atoms in total. The van der Waals surface area contributed by atoms with Crippen LogP contribution in [0.3, 0.4) is 0 Å². The summed E-state index contributed by atoms with van der Waals surface area (Å²) < 4.78 is 31.9. The molecule has 31 heavy (non-hydrogen) atoms. The Labute approximate surface area is 186 Å². The van der Waals surface area contributed by atoms with Gasteiger partial charge in [0.25, 0.3) is 0 Å². The Balaban J connectivity index is 1.26. The molecule has 0 saturated heterocycles. The van der Waals surface area contributed by atoms with E-state index in [-0.39, 0.29) is 0 Å². The predicted molar refractivity (Wildman–Crippen MR) is 123 cm³/mol. The number of ether oxygens (including phenoxy) is 1. The molecule has 0 N–H and O–H groups in total. The number of methoxy groups -OCH3 is 1. The van der Waals surface area contributed by atoms with Gasteiger partial charge >= 0.3 is 0 Å². The largest absolute Gasteiger partial charge is 0.385 e. The summed E-state index contributed by atoms with van der Waals surface area (Å²) in [7, 11) is 1.80. The van der Waals surface area contributed by atoms with Crippen LogP contribution in [0.2, 0.25) is 0 Å². The maximum Gasteiger partial charge on any atom is 0.159 e. The minimum Gasteiger partial charge on any atom is -0.385 e. The molecule has 0 spiro atoms. The zero-order valence-electron chi connectivity index (χ0n) is 18.8. The number of hydrogen-bond acceptors (Lipinski definition) is 1. The van der Waals surface area contributed by atoms with Crippen LogP contribution in [0, 0.1) is 29.4 Å². The molecule has 0 atom stereocenters. The lowest BCUT2D eigenvalue weighted by atomic mass is 9.68. The van der Waals surface area contributed by atoms with Gasteiger partial charge in [-0.2, -0.15) is 0 Å². The molecule has 168 valence electrons. The van der Waals surface area contributed by atoms with E-state index < -0.39 is 11.6 Å². The zero-order chi connectivity index (χ0) is 21.6. The molecule has 0 bridgehead atoms. The van der Waals surface area contributed by atoms with Gasteiger partial charge in [0.1, 0.15) is 0 Å². The van der Waals surface area contributed by atoms with Gasteiger partial charge in [-0.25, -0.2) is 8.78 Å². The van der Waals surface area contributed by atoms with Crippen LogP contribution >= 0.6 is 0 Å². The lowest BCUT2D eigenvalue weighted by Crippen LogP contribution is -2.25. The van der Waals surface area contributed by atoms with Crippen LogP contribution in [0.5, 0.6) is 0 Å². The summed E-state index contributed by atoms with van der Waals surface area (Å²) in [5, 5.41) is 0. The molecule has 0 aliphatic heterocycles. The molecule has 2 aromatic rings. The van der Waals surface area contributed by atoms with Gasteiger partial charge in [-0.05, 0) is 104 Å². The van der Waals surface area contributed by atoms with Gasteiger partial charge < -0.3 is 4.74 Å². The van der Waals surface area contributed by atoms with E-state index in [1.54, 1.807) is 13.2 Å². The fourth-order valence-electron chi connectivity index (χ4n) is 6.01. The monoisotopic (exact) mass is 426 g/mol. The van der Waals surface area contributed by atoms with E-state index in [0.29, 0.717) is 5.92 Å². The zero-order valence-corrected chi connectivity index (χ0v) is 18.8. The molecule has 0 aromatic heterocycles. The first-order chi connectivity index (χ1) is 15.1. The summed E-state index contributed by atoms with van der Waals surface area (Å²) in [6, 6.07) is 12.6. The molecule has 0 heterocycles. The van der Waals surface area contributed by atoms with Crippen LogP contribution in [0.15, 0.2) is 42.5 Å². The summed E-state index contributed by atoms with van der Waals surface area (Å²) in [4.78, 5) is 0. The Bertz CT molecular complexity index is 815. The molecular formula is C28H36F2O. The van der Waals surface area contributed by atoms with Crippen molar-refractivity contribution in [2.45, 2.75) is 70.1 Å². The fourth-order valence-corrected chi connectivity index (χ4v) is 6.01. The first-order valence-corrected chi connectivity index (χ1v) is 12.2. The Hall–Kier alpha value is -1.74. The van der Waals surface area contributed by atoms with Crippen molar-refractivity contribution in [3.8, 4) is 11.1 Å². The van der Waals surface area contributed by atoms with Crippen LogP contribution in [0.25, 0.3) is 11.1 Å². The predicted octanol–water partition coefficient (Wildman–Crippen LogP) is 8.14. The third-order valence-corrected chi connectivity index (χ3v) is 7.93. The van der Waals surface area contributed by atoms with Gasteiger partial charge in [0, 0.05) is 13.7 Å². The van der Waals surface area contributed by atoms with Crippen LogP contribution in [0.4, 0.5) is 8.78 Å². The highest BCUT2D eigenvalue weighted by Gasteiger charge is 2.31. The van der Waals surface area contributed by atoms with Crippen molar-refractivity contribution in [3.63, 3.8) is 0 Å². The van der Waals surface area contributed by atoms with Crippen LogP contribution in [-0.2, 0) is 4.74 Å². The Morgan fingerprint density at radius 1 is 0.742 bits per heavy atom. The van der Waals surface area contributed by atoms with Crippen LogP contribution in [0.1, 0.15) is 75.7 Å². The second-order valence-corrected chi connectivity index (χ2v) is 9.78. The molecule has 2 aliphatic carbocycles. The molecule has 2 aliphatic rings. The highest BCUT2D eigenvalue weighted by molar-refractivity contribution is 5.63. The van der Waals surface area contributed by atoms with E-state index in [1.165, 1.54) is 81.9 Å². The van der Waals surface area contributed by atoms with Crippen molar-refractivity contribution < 1.29 is 13.5 Å². The van der Waals surface area contributed by atoms with Crippen LogP contribution in [-0.4, -0.2) is 13.7 Å². The Kier molecular flexibility index (Phi) is 7.76. The maximum atomic E-state index is 13.5. The van der Waals surface area contributed by atoms with Crippen molar-refractivity contribution in [2.24, 2.45) is 17.8 Å². The average Bonchev–Trinajstić information content (AvgIpc) is 2.82. The normalized spacial score (nSPS) is 26.7. The third kappa shape index (κ3) is 5.74. The molecule has 2 fully saturated rings. The van der Waals surface area contributed by atoms with E-state index in [2.05, 4.69) is 24.3 Å². The topological polar surface area (TPSA) is 9.23 Å². The minimum absolute atomic E-state index is 0.639. The number of benzene rings is 2. The van der Waals surface area contributed by atoms with Crippen molar-refractivity contribution in [1.29, 1.82) is 0 Å². The smallest absolute Gasteiger partial charge is 0.159 e. The van der Waals surface area contributed by atoms with E-state index in [4.69, 9.17) is 4.74 Å². The van der Waals surface area contributed by atoms with E-state index in [0.717, 1.165) is 35.5 Å². The van der Waals surface area contributed by atoms with Gasteiger partial charge in [0.15, 0.2) is 11.6 Å². The molecule has 0 unspecified atom stereocenters. The average molecular weight is 427 g/mol. The van der Waals surface area contributed by atoms with Gasteiger partial charge in [-0.1, -0.05) is 43.2 Å². The summed E-state index contributed by atoms with van der Waals surface area (Å²) in [6.07, 6.45) is 13.5. The van der Waals surface area contributed by atoms with Crippen molar-refractivity contribution in [2.75, 3.05) is 13.7 Å². The quantitative estimate of drug-likeness (QED) is 0.406. The highest BCUT2D eigenvalue weighted by Crippen LogP contribution is 2.44. The van der Waals surface area contributed by atoms with E-state index in [1.807, 2.05) is 0 Å². The Morgan fingerprint density at radius 2 is 1.35 bits per heavy atom. The Morgan fingerprint density at radius 3 is 1.97 bits per heavy atom. The SMILES string of the molecule is COCCCC1CCC(C2CCC(c3ccc(-c4ccc(F)c(F)c4)cc3)CC2)CC1. The van der Waals surface area contributed by atoms with Gasteiger partial charge in [-0.3, -0.25) is 0 Å². The number of rotatable bonds is 7. The van der Waals surface area contributed by atoms with Crippen molar-refractivity contribution in [1.82, 2.24) is 0 Å². The highest BCUT2D eigenvalue weighted by atomic mass is 19.2. The molecule has 0 amide bonds. The first kappa shape index (κ1) is 22.5. The van der Waals surface area contributed by atoms with Crippen molar-refractivity contribution >= 4 is 0 Å². The molecular weight excluding hydrogens is 390 g/mol. The lowest BCUT2D eigenvalue weighted by Gasteiger charge is -2.38. The molecule has 4 rings (SSSR count). The summed E-state index contributed by atoms with van der Waals surface area (Å²) >= 11 is 0. The second-order valence-electron chi connectivity index (χ2n) is 9.78. The molecule has 3 heteroatoms. The standard InChI is InChI=1S/C28H36F2O/c1-31-18-2-3-20-4-6-21(7-5-20)22-8-10-23(11-9-22)24-12-14-25(15-13-24)26-16-17-27(29)28(30)19-26/h12-17,19-23H,2-11,18H2,1H3. The summed E-state index contributed by atoms with van der Waals surface area (Å²) in [5.41, 5.74) is 3.07. The fraction of sp³-hybridized carbons (Fsp3) is 0.571. The lowest BCUT2D eigenvalue weighted by molar-refractivity contribution is 0.144. The summed E-state index contributed by atoms with van der Waals surface area (Å²) in [5.74, 6) is 1.84. The molecule has 2 aromatic carbocycles. The van der Waals surface area contributed by atoms with Crippen molar-refractivity contribution in [3.05, 3.63) is 59.7 Å².